The number of allylic oxidation sites excluding steroid dienone is 29. The zero-order valence-corrected chi connectivity index (χ0v) is 53.2. The predicted octanol–water partition coefficient (Wildman–Crippen LogP) is 23.6. The van der Waals surface area contributed by atoms with Gasteiger partial charge in [-0.15, -0.1) is 0 Å². The summed E-state index contributed by atoms with van der Waals surface area (Å²) in [5, 5.41) is 23.2. The molecule has 0 aliphatic rings. The molecule has 3 N–H and O–H groups in total. The molecule has 1 amide bonds. The molecular formula is C78H127NO3. The number of carbonyl (C=O) groups is 1. The molecule has 0 aromatic carbocycles. The van der Waals surface area contributed by atoms with Gasteiger partial charge in [0.15, 0.2) is 0 Å². The fourth-order valence-corrected chi connectivity index (χ4v) is 9.25. The Morgan fingerprint density at radius 3 is 0.854 bits per heavy atom. The van der Waals surface area contributed by atoms with Crippen molar-refractivity contribution in [3.8, 4) is 0 Å². The van der Waals surface area contributed by atoms with Crippen LogP contribution in [0.2, 0.25) is 0 Å². The summed E-state index contributed by atoms with van der Waals surface area (Å²) in [5.41, 5.74) is 0. The minimum atomic E-state index is -0.905. The first kappa shape index (κ1) is 77.5. The van der Waals surface area contributed by atoms with Crippen LogP contribution in [0.4, 0.5) is 0 Å². The molecule has 0 spiro atoms. The van der Waals surface area contributed by atoms with Crippen molar-refractivity contribution < 1.29 is 15.0 Å². The quantitative estimate of drug-likeness (QED) is 0.0420. The third kappa shape index (κ3) is 66.3. The van der Waals surface area contributed by atoms with Crippen LogP contribution in [0.5, 0.6) is 0 Å². The Balaban J connectivity index is 3.72. The predicted molar refractivity (Wildman–Crippen MR) is 367 cm³/mol. The fraction of sp³-hybridized carbons (Fsp3) is 0.603. The number of hydrogen-bond acceptors (Lipinski definition) is 3. The van der Waals surface area contributed by atoms with Crippen molar-refractivity contribution in [2.45, 2.75) is 296 Å². The van der Waals surface area contributed by atoms with Gasteiger partial charge >= 0.3 is 0 Å². The highest BCUT2D eigenvalue weighted by Gasteiger charge is 2.17. The Hall–Kier alpha value is -4.51. The lowest BCUT2D eigenvalue weighted by Gasteiger charge is -2.19. The Bertz CT molecular complexity index is 1810. The number of aliphatic hydroxyl groups is 2. The molecule has 4 heteroatoms. The van der Waals surface area contributed by atoms with Gasteiger partial charge in [-0.05, 0) is 135 Å². The van der Waals surface area contributed by atoms with Crippen LogP contribution in [0.15, 0.2) is 182 Å². The normalized spacial score (nSPS) is 14.0. The molecule has 0 aromatic rings. The van der Waals surface area contributed by atoms with Crippen molar-refractivity contribution in [3.05, 3.63) is 182 Å². The van der Waals surface area contributed by atoms with Crippen LogP contribution in [0.1, 0.15) is 284 Å². The van der Waals surface area contributed by atoms with Gasteiger partial charge in [0, 0.05) is 6.42 Å². The Morgan fingerprint density at radius 1 is 0.305 bits per heavy atom. The standard InChI is InChI=1S/C78H127NO3/c1-3-5-7-9-11-13-15-17-19-21-23-25-27-29-31-33-35-36-37-38-39-40-41-42-44-46-48-50-52-54-56-58-60-62-64-66-68-70-72-74-78(82)79-76(75-80)77(81)73-71-69-67-65-63-61-59-57-55-53-51-49-47-45-43-34-32-30-28-26-24-22-20-18-16-14-12-10-8-6-4-2/h5,7,11,13,17,19,23,25,29,31,35-36,38-39,41-42,46,48,52,54-55,57-58,60,63-66,71,73,76-77,80-81H,3-4,6,8-10,12,14-16,18,20-22,24,26-28,30,32-34,37,40,43-45,47,49-51,53,56,59,61-62,67-70,72,74-75H2,1-2H3,(H,79,82)/b7-5-,13-11-,19-17-,25-23-,31-29-,36-35-,39-38-,42-41-,48-46-,54-52-,57-55+,60-58-,65-63+,66-64-,73-71+. The van der Waals surface area contributed by atoms with E-state index in [1.165, 1.54) is 141 Å². The van der Waals surface area contributed by atoms with E-state index in [1.807, 2.05) is 6.08 Å². The number of carbonyl (C=O) groups excluding carboxylic acids is 1. The van der Waals surface area contributed by atoms with Gasteiger partial charge in [-0.3, -0.25) is 4.79 Å². The molecule has 82 heavy (non-hydrogen) atoms. The van der Waals surface area contributed by atoms with E-state index in [0.29, 0.717) is 6.42 Å². The van der Waals surface area contributed by atoms with Crippen molar-refractivity contribution in [2.75, 3.05) is 6.61 Å². The lowest BCUT2D eigenvalue weighted by Crippen LogP contribution is -2.45. The maximum atomic E-state index is 12.5. The van der Waals surface area contributed by atoms with Crippen molar-refractivity contribution in [1.82, 2.24) is 5.32 Å². The second kappa shape index (κ2) is 70.8. The molecule has 0 aromatic heterocycles. The van der Waals surface area contributed by atoms with E-state index in [0.717, 1.165) is 122 Å². The molecule has 0 aliphatic heterocycles. The van der Waals surface area contributed by atoms with Crippen LogP contribution in [0, 0.1) is 0 Å². The molecule has 0 radical (unpaired) electrons. The van der Waals surface area contributed by atoms with E-state index in [1.54, 1.807) is 6.08 Å². The summed E-state index contributed by atoms with van der Waals surface area (Å²) >= 11 is 0. The van der Waals surface area contributed by atoms with Gasteiger partial charge in [0.25, 0.3) is 0 Å². The van der Waals surface area contributed by atoms with E-state index >= 15 is 0 Å². The first-order valence-electron chi connectivity index (χ1n) is 34.0. The van der Waals surface area contributed by atoms with Crippen LogP contribution >= 0.6 is 0 Å². The number of rotatable bonds is 60. The van der Waals surface area contributed by atoms with Crippen LogP contribution in [0.3, 0.4) is 0 Å². The molecule has 2 atom stereocenters. The third-order valence-corrected chi connectivity index (χ3v) is 14.4. The molecule has 462 valence electrons. The largest absolute Gasteiger partial charge is 0.394 e. The average Bonchev–Trinajstić information content (AvgIpc) is 3.50. The van der Waals surface area contributed by atoms with Gasteiger partial charge in [0.05, 0.1) is 18.8 Å². The Kier molecular flexibility index (Phi) is 66.9. The van der Waals surface area contributed by atoms with E-state index in [-0.39, 0.29) is 12.5 Å². The zero-order valence-electron chi connectivity index (χ0n) is 53.2. The summed E-state index contributed by atoms with van der Waals surface area (Å²) in [4.78, 5) is 12.5. The van der Waals surface area contributed by atoms with E-state index in [2.05, 4.69) is 189 Å². The summed E-state index contributed by atoms with van der Waals surface area (Å²) < 4.78 is 0. The lowest BCUT2D eigenvalue weighted by molar-refractivity contribution is -0.123. The molecule has 2 unspecified atom stereocenters. The summed E-state index contributed by atoms with van der Waals surface area (Å²) in [5.74, 6) is -0.126. The highest BCUT2D eigenvalue weighted by Crippen LogP contribution is 2.16. The number of nitrogens with one attached hydrogen (secondary N) is 1. The summed E-state index contributed by atoms with van der Waals surface area (Å²) in [6.07, 6.45) is 115. The third-order valence-electron chi connectivity index (χ3n) is 14.4. The minimum Gasteiger partial charge on any atom is -0.394 e. The van der Waals surface area contributed by atoms with Gasteiger partial charge in [0.2, 0.25) is 5.91 Å². The first-order chi connectivity index (χ1) is 40.7. The number of unbranched alkanes of at least 4 members (excludes halogenated alkanes) is 25. The molecule has 0 aliphatic carbocycles. The zero-order chi connectivity index (χ0) is 59.1. The Morgan fingerprint density at radius 2 is 0.549 bits per heavy atom. The van der Waals surface area contributed by atoms with Gasteiger partial charge in [-0.2, -0.15) is 0 Å². The van der Waals surface area contributed by atoms with Gasteiger partial charge < -0.3 is 15.5 Å². The van der Waals surface area contributed by atoms with Crippen LogP contribution in [0.25, 0.3) is 0 Å². The summed E-state index contributed by atoms with van der Waals surface area (Å²) in [6, 6.07) is -0.685. The van der Waals surface area contributed by atoms with Crippen molar-refractivity contribution in [1.29, 1.82) is 0 Å². The molecule has 0 bridgehead atoms. The molecule has 0 fully saturated rings. The Labute approximate surface area is 508 Å². The van der Waals surface area contributed by atoms with E-state index in [4.69, 9.17) is 0 Å². The summed E-state index contributed by atoms with van der Waals surface area (Å²) in [7, 11) is 0. The van der Waals surface area contributed by atoms with Crippen molar-refractivity contribution in [3.63, 3.8) is 0 Å². The summed E-state index contributed by atoms with van der Waals surface area (Å²) in [6.45, 7) is 4.17. The van der Waals surface area contributed by atoms with Gasteiger partial charge in [0.1, 0.15) is 0 Å². The molecular weight excluding hydrogens is 999 g/mol. The minimum absolute atomic E-state index is 0.126. The van der Waals surface area contributed by atoms with Crippen molar-refractivity contribution >= 4 is 5.91 Å². The smallest absolute Gasteiger partial charge is 0.220 e. The van der Waals surface area contributed by atoms with Crippen LogP contribution in [-0.4, -0.2) is 34.9 Å². The number of aliphatic hydroxyl groups excluding tert-OH is 2. The number of hydrogen-bond donors (Lipinski definition) is 3. The maximum absolute atomic E-state index is 12.5. The van der Waals surface area contributed by atoms with Gasteiger partial charge in [-0.1, -0.05) is 325 Å². The molecule has 0 saturated heterocycles. The molecule has 0 saturated carbocycles. The monoisotopic (exact) mass is 1130 g/mol. The van der Waals surface area contributed by atoms with Gasteiger partial charge in [-0.25, -0.2) is 0 Å². The fourth-order valence-electron chi connectivity index (χ4n) is 9.25. The van der Waals surface area contributed by atoms with Crippen LogP contribution < -0.4 is 5.32 Å². The SMILES string of the molecule is CC/C=C\C/C=C\C/C=C\C/C=C\C/C=C\C/C=C\C/C=C\C/C=C\C/C=C\C/C=C\C/C=C\C/C=C\CCCCC(=O)NC(CO)C(O)/C=C/CC/C=C/CC/C=C/CCCCCCCCCCCCCCCCCCCCCCC. The average molecular weight is 1130 g/mol. The van der Waals surface area contributed by atoms with E-state index < -0.39 is 12.1 Å². The first-order valence-corrected chi connectivity index (χ1v) is 34.0. The highest BCUT2D eigenvalue weighted by molar-refractivity contribution is 5.76. The maximum Gasteiger partial charge on any atom is 0.220 e. The van der Waals surface area contributed by atoms with E-state index in [9.17, 15) is 15.0 Å². The van der Waals surface area contributed by atoms with Crippen LogP contribution in [-0.2, 0) is 4.79 Å². The topological polar surface area (TPSA) is 69.6 Å². The van der Waals surface area contributed by atoms with Crippen molar-refractivity contribution in [2.24, 2.45) is 0 Å². The molecule has 0 rings (SSSR count). The highest BCUT2D eigenvalue weighted by atomic mass is 16.3. The second-order valence-electron chi connectivity index (χ2n) is 22.1. The second-order valence-corrected chi connectivity index (χ2v) is 22.1. The molecule has 4 nitrogen and oxygen atoms in total. The lowest BCUT2D eigenvalue weighted by atomic mass is 10.0. The number of amides is 1. The molecule has 0 heterocycles.